The van der Waals surface area contributed by atoms with E-state index in [2.05, 4.69) is 14.9 Å². The van der Waals surface area contributed by atoms with Crippen molar-refractivity contribution < 1.29 is 18.3 Å². The number of pyridine rings is 1. The minimum absolute atomic E-state index is 0.00894. The van der Waals surface area contributed by atoms with Crippen LogP contribution >= 0.6 is 0 Å². The third-order valence-corrected chi connectivity index (χ3v) is 4.01. The number of ether oxygens (including phenoxy) is 2. The minimum atomic E-state index is -1.16. The predicted molar refractivity (Wildman–Crippen MR) is 85.9 cm³/mol. The highest BCUT2D eigenvalue weighted by atomic mass is 19.1. The molecule has 2 aromatic rings. The summed E-state index contributed by atoms with van der Waals surface area (Å²) in [5, 5.41) is 4.03. The van der Waals surface area contributed by atoms with Gasteiger partial charge in [0.05, 0.1) is 6.57 Å². The van der Waals surface area contributed by atoms with Gasteiger partial charge in [-0.25, -0.2) is 19.0 Å². The Morgan fingerprint density at radius 1 is 1.46 bits per heavy atom. The summed E-state index contributed by atoms with van der Waals surface area (Å²) in [6.07, 6.45) is 2.34. The number of hydrogen-bond donors (Lipinski definition) is 0. The second-order valence-electron chi connectivity index (χ2n) is 5.68. The van der Waals surface area contributed by atoms with Crippen molar-refractivity contribution in [2.24, 2.45) is 0 Å². The molecule has 0 amide bonds. The molecule has 1 saturated heterocycles. The van der Waals surface area contributed by atoms with Gasteiger partial charge in [0, 0.05) is 13.2 Å². The number of aromatic nitrogens is 4. The molecule has 2 aromatic heterocycles. The van der Waals surface area contributed by atoms with Crippen LogP contribution in [0.25, 0.3) is 10.7 Å². The lowest BCUT2D eigenvalue weighted by Crippen LogP contribution is -2.26. The molecule has 0 saturated carbocycles. The Bertz CT molecular complexity index is 897. The lowest BCUT2D eigenvalue weighted by molar-refractivity contribution is -0.170. The summed E-state index contributed by atoms with van der Waals surface area (Å²) in [5.74, 6) is -2.52. The third kappa shape index (κ3) is 3.49. The van der Waals surface area contributed by atoms with Gasteiger partial charge in [-0.05, 0) is 32.3 Å². The first kappa shape index (κ1) is 18.2. The first-order valence-electron chi connectivity index (χ1n) is 8.21. The van der Waals surface area contributed by atoms with Gasteiger partial charge in [-0.3, -0.25) is 4.57 Å². The van der Waals surface area contributed by atoms with Gasteiger partial charge in [0.2, 0.25) is 11.6 Å². The van der Waals surface area contributed by atoms with Gasteiger partial charge in [0.15, 0.2) is 23.7 Å². The highest BCUT2D eigenvalue weighted by molar-refractivity contribution is 5.46. The molecular formula is C16H17F2N5O3. The maximum atomic E-state index is 14.2. The Kier molecular flexibility index (Phi) is 5.39. The summed E-state index contributed by atoms with van der Waals surface area (Å²) >= 11 is 0. The van der Waals surface area contributed by atoms with E-state index in [-0.39, 0.29) is 25.3 Å². The van der Waals surface area contributed by atoms with Crippen LogP contribution in [0.1, 0.15) is 32.0 Å². The van der Waals surface area contributed by atoms with Crippen molar-refractivity contribution >= 4 is 5.69 Å². The fraction of sp³-hybridized carbons (Fsp3) is 0.500. The number of nitrogens with zero attached hydrogens (tertiary/aromatic N) is 5. The SMILES string of the molecule is [C-]#[N+]c1cc(F)c(-n2nc(COC3CCCCO3)n(CC)c2=O)nc1F. The summed E-state index contributed by atoms with van der Waals surface area (Å²) in [5.41, 5.74) is -1.23. The molecule has 1 unspecified atom stereocenters. The number of halogens is 2. The van der Waals surface area contributed by atoms with Crippen molar-refractivity contribution in [2.75, 3.05) is 6.61 Å². The smallest absolute Gasteiger partial charge is 0.352 e. The van der Waals surface area contributed by atoms with Crippen LogP contribution in [0, 0.1) is 18.3 Å². The minimum Gasteiger partial charge on any atom is -0.353 e. The van der Waals surface area contributed by atoms with E-state index in [9.17, 15) is 13.6 Å². The van der Waals surface area contributed by atoms with Crippen molar-refractivity contribution in [1.29, 1.82) is 0 Å². The molecular weight excluding hydrogens is 348 g/mol. The Labute approximate surface area is 147 Å². The summed E-state index contributed by atoms with van der Waals surface area (Å²) in [7, 11) is 0. The van der Waals surface area contributed by atoms with Crippen molar-refractivity contribution in [1.82, 2.24) is 19.3 Å². The standard InChI is InChI=1S/C16H17F2N5O3/c1-3-22-12(9-26-13-6-4-5-7-25-13)21-23(16(22)24)15-10(17)8-11(19-2)14(18)20-15/h8,13H,3-7,9H2,1H3. The normalized spacial score (nSPS) is 17.2. The van der Waals surface area contributed by atoms with E-state index < -0.39 is 29.0 Å². The lowest BCUT2D eigenvalue weighted by Gasteiger charge is -2.22. The van der Waals surface area contributed by atoms with Gasteiger partial charge in [-0.15, -0.1) is 5.10 Å². The second kappa shape index (κ2) is 7.72. The van der Waals surface area contributed by atoms with E-state index in [0.717, 1.165) is 19.3 Å². The van der Waals surface area contributed by atoms with Crippen LogP contribution in [0.3, 0.4) is 0 Å². The molecule has 138 valence electrons. The summed E-state index contributed by atoms with van der Waals surface area (Å²) in [4.78, 5) is 18.7. The van der Waals surface area contributed by atoms with Crippen molar-refractivity contribution in [2.45, 2.75) is 45.6 Å². The third-order valence-electron chi connectivity index (χ3n) is 4.01. The Hall–Kier alpha value is -2.64. The highest BCUT2D eigenvalue weighted by Crippen LogP contribution is 2.21. The van der Waals surface area contributed by atoms with E-state index >= 15 is 0 Å². The van der Waals surface area contributed by atoms with Crippen LogP contribution in [0.4, 0.5) is 14.5 Å². The average molecular weight is 365 g/mol. The molecule has 3 heterocycles. The molecule has 0 aromatic carbocycles. The quantitative estimate of drug-likeness (QED) is 0.600. The van der Waals surface area contributed by atoms with E-state index in [1.54, 1.807) is 6.92 Å². The van der Waals surface area contributed by atoms with Gasteiger partial charge < -0.3 is 9.47 Å². The van der Waals surface area contributed by atoms with Crippen LogP contribution in [0.15, 0.2) is 10.9 Å². The van der Waals surface area contributed by atoms with Gasteiger partial charge in [0.25, 0.3) is 0 Å². The van der Waals surface area contributed by atoms with E-state index in [0.29, 0.717) is 17.4 Å². The summed E-state index contributed by atoms with van der Waals surface area (Å²) in [6.45, 7) is 9.38. The number of hydrogen-bond acceptors (Lipinski definition) is 5. The fourth-order valence-corrected chi connectivity index (χ4v) is 2.68. The van der Waals surface area contributed by atoms with Gasteiger partial charge in [0.1, 0.15) is 6.61 Å². The zero-order chi connectivity index (χ0) is 18.7. The topological polar surface area (TPSA) is 75.5 Å². The van der Waals surface area contributed by atoms with Crippen molar-refractivity contribution in [3.63, 3.8) is 0 Å². The maximum Gasteiger partial charge on any atom is 0.352 e. The molecule has 1 aliphatic rings. The zero-order valence-corrected chi connectivity index (χ0v) is 14.1. The molecule has 26 heavy (non-hydrogen) atoms. The Morgan fingerprint density at radius 3 is 2.92 bits per heavy atom. The van der Waals surface area contributed by atoms with Crippen LogP contribution in [0.2, 0.25) is 0 Å². The van der Waals surface area contributed by atoms with Crippen LogP contribution < -0.4 is 5.69 Å². The molecule has 0 aliphatic carbocycles. The molecule has 3 rings (SSSR count). The zero-order valence-electron chi connectivity index (χ0n) is 14.1. The van der Waals surface area contributed by atoms with Crippen LogP contribution in [-0.4, -0.2) is 32.2 Å². The monoisotopic (exact) mass is 365 g/mol. The lowest BCUT2D eigenvalue weighted by atomic mass is 10.2. The van der Waals surface area contributed by atoms with Gasteiger partial charge >= 0.3 is 5.69 Å². The fourth-order valence-electron chi connectivity index (χ4n) is 2.68. The van der Waals surface area contributed by atoms with Gasteiger partial charge in [-0.2, -0.15) is 9.07 Å². The maximum absolute atomic E-state index is 14.2. The molecule has 8 nitrogen and oxygen atoms in total. The first-order valence-corrected chi connectivity index (χ1v) is 8.21. The second-order valence-corrected chi connectivity index (χ2v) is 5.68. The molecule has 1 fully saturated rings. The van der Waals surface area contributed by atoms with Crippen LogP contribution in [-0.2, 0) is 22.6 Å². The largest absolute Gasteiger partial charge is 0.353 e. The highest BCUT2D eigenvalue weighted by Gasteiger charge is 2.21. The number of rotatable bonds is 5. The summed E-state index contributed by atoms with van der Waals surface area (Å²) in [6, 6.07) is 0.689. The Morgan fingerprint density at radius 2 is 2.27 bits per heavy atom. The first-order chi connectivity index (χ1) is 12.5. The van der Waals surface area contributed by atoms with E-state index in [1.807, 2.05) is 0 Å². The average Bonchev–Trinajstić information content (AvgIpc) is 2.97. The van der Waals surface area contributed by atoms with Crippen LogP contribution in [0.5, 0.6) is 0 Å². The summed E-state index contributed by atoms with van der Waals surface area (Å²) < 4.78 is 41.0. The predicted octanol–water partition coefficient (Wildman–Crippen LogP) is 2.32. The van der Waals surface area contributed by atoms with E-state index in [4.69, 9.17) is 16.0 Å². The molecule has 0 spiro atoms. The molecule has 0 N–H and O–H groups in total. The Balaban J connectivity index is 1.92. The molecule has 1 aliphatic heterocycles. The molecule has 10 heteroatoms. The molecule has 1 atom stereocenters. The molecule has 0 radical (unpaired) electrons. The van der Waals surface area contributed by atoms with Crippen molar-refractivity contribution in [3.05, 3.63) is 45.6 Å². The van der Waals surface area contributed by atoms with Gasteiger partial charge in [-0.1, -0.05) is 0 Å². The molecule has 0 bridgehead atoms. The van der Waals surface area contributed by atoms with Crippen molar-refractivity contribution in [3.8, 4) is 5.82 Å². The van der Waals surface area contributed by atoms with E-state index in [1.165, 1.54) is 4.57 Å².